The summed E-state index contributed by atoms with van der Waals surface area (Å²) < 4.78 is 37.4. The number of carbonyl (C=O) groups is 1. The molecule has 6 heteroatoms. The van der Waals surface area contributed by atoms with E-state index < -0.39 is 30.7 Å². The minimum Gasteiger partial charge on any atom is -0.331 e. The van der Waals surface area contributed by atoms with Crippen LogP contribution in [0, 0.1) is 0 Å². The van der Waals surface area contributed by atoms with Crippen LogP contribution >= 0.6 is 0 Å². The van der Waals surface area contributed by atoms with Gasteiger partial charge in [-0.05, 0) is 19.4 Å². The van der Waals surface area contributed by atoms with Gasteiger partial charge in [-0.2, -0.15) is 13.2 Å². The summed E-state index contributed by atoms with van der Waals surface area (Å²) in [5, 5.41) is 0. The molecule has 1 amide bonds. The van der Waals surface area contributed by atoms with E-state index in [0.717, 1.165) is 10.5 Å². The number of hydrogen-bond acceptors (Lipinski definition) is 2. The van der Waals surface area contributed by atoms with Crippen molar-refractivity contribution in [1.29, 1.82) is 0 Å². The standard InChI is InChI=1S/C14H19F3N2O/c1-10(2)19(9-14(15,16)17)13(20)8-12(18)11-6-4-3-5-7-11/h3-7,10,12H,8-9,18H2,1-2H3. The second kappa shape index (κ2) is 6.74. The van der Waals surface area contributed by atoms with Gasteiger partial charge in [0.1, 0.15) is 6.54 Å². The van der Waals surface area contributed by atoms with Gasteiger partial charge in [0.05, 0.1) is 0 Å². The number of nitrogens with two attached hydrogens (primary N) is 1. The highest BCUT2D eigenvalue weighted by molar-refractivity contribution is 5.77. The summed E-state index contributed by atoms with van der Waals surface area (Å²) in [6, 6.07) is 7.74. The van der Waals surface area contributed by atoms with Gasteiger partial charge in [0.15, 0.2) is 0 Å². The molecule has 0 aliphatic heterocycles. The average Bonchev–Trinajstić information content (AvgIpc) is 2.35. The van der Waals surface area contributed by atoms with Crippen LogP contribution < -0.4 is 5.73 Å². The quantitative estimate of drug-likeness (QED) is 0.905. The molecule has 3 nitrogen and oxygen atoms in total. The molecule has 1 unspecified atom stereocenters. The molecular formula is C14H19F3N2O. The van der Waals surface area contributed by atoms with E-state index in [1.165, 1.54) is 0 Å². The van der Waals surface area contributed by atoms with Gasteiger partial charge in [-0.1, -0.05) is 30.3 Å². The van der Waals surface area contributed by atoms with E-state index in [-0.39, 0.29) is 6.42 Å². The Morgan fingerprint density at radius 3 is 2.25 bits per heavy atom. The molecule has 1 aromatic rings. The third-order valence-corrected chi connectivity index (χ3v) is 2.92. The van der Waals surface area contributed by atoms with Crippen molar-refractivity contribution in [2.75, 3.05) is 6.54 Å². The number of carbonyl (C=O) groups excluding carboxylic acids is 1. The van der Waals surface area contributed by atoms with Gasteiger partial charge in [0.25, 0.3) is 0 Å². The zero-order chi connectivity index (χ0) is 15.3. The molecule has 0 fully saturated rings. The fourth-order valence-corrected chi connectivity index (χ4v) is 1.88. The second-order valence-corrected chi connectivity index (χ2v) is 4.95. The second-order valence-electron chi connectivity index (χ2n) is 4.95. The summed E-state index contributed by atoms with van der Waals surface area (Å²) in [6.45, 7) is 1.86. The lowest BCUT2D eigenvalue weighted by molar-refractivity contribution is -0.164. The Hall–Kier alpha value is -1.56. The molecular weight excluding hydrogens is 269 g/mol. The summed E-state index contributed by atoms with van der Waals surface area (Å²) >= 11 is 0. The van der Waals surface area contributed by atoms with Crippen LogP contribution in [-0.4, -0.2) is 29.6 Å². The molecule has 0 aliphatic rings. The lowest BCUT2D eigenvalue weighted by Crippen LogP contribution is -2.44. The van der Waals surface area contributed by atoms with Crippen LogP contribution in [0.25, 0.3) is 0 Å². The van der Waals surface area contributed by atoms with Crippen LogP contribution in [-0.2, 0) is 4.79 Å². The third-order valence-electron chi connectivity index (χ3n) is 2.92. The Bertz CT molecular complexity index is 432. The molecule has 1 aromatic carbocycles. The molecule has 0 radical (unpaired) electrons. The number of nitrogens with zero attached hydrogens (tertiary/aromatic N) is 1. The number of halogens is 3. The van der Waals surface area contributed by atoms with Gasteiger partial charge < -0.3 is 10.6 Å². The minimum atomic E-state index is -4.41. The minimum absolute atomic E-state index is 0.141. The van der Waals surface area contributed by atoms with Crippen molar-refractivity contribution in [1.82, 2.24) is 4.90 Å². The molecule has 0 heterocycles. The molecule has 20 heavy (non-hydrogen) atoms. The Morgan fingerprint density at radius 1 is 1.25 bits per heavy atom. The van der Waals surface area contributed by atoms with Crippen molar-refractivity contribution < 1.29 is 18.0 Å². The fourth-order valence-electron chi connectivity index (χ4n) is 1.88. The Morgan fingerprint density at radius 2 is 1.80 bits per heavy atom. The van der Waals surface area contributed by atoms with Crippen molar-refractivity contribution in [3.63, 3.8) is 0 Å². The van der Waals surface area contributed by atoms with Crippen LogP contribution in [0.15, 0.2) is 30.3 Å². The maximum absolute atomic E-state index is 12.5. The lowest BCUT2D eigenvalue weighted by atomic mass is 10.0. The van der Waals surface area contributed by atoms with Gasteiger partial charge in [-0.3, -0.25) is 4.79 Å². The first-order valence-electron chi connectivity index (χ1n) is 6.37. The lowest BCUT2D eigenvalue weighted by Gasteiger charge is -2.28. The first-order chi connectivity index (χ1) is 9.20. The molecule has 112 valence electrons. The highest BCUT2D eigenvalue weighted by Crippen LogP contribution is 2.21. The van der Waals surface area contributed by atoms with Crippen molar-refractivity contribution in [3.05, 3.63) is 35.9 Å². The zero-order valence-corrected chi connectivity index (χ0v) is 11.5. The molecule has 0 spiro atoms. The van der Waals surface area contributed by atoms with E-state index in [4.69, 9.17) is 5.73 Å². The van der Waals surface area contributed by atoms with Crippen LogP contribution in [0.5, 0.6) is 0 Å². The molecule has 1 atom stereocenters. The van der Waals surface area contributed by atoms with Crippen LogP contribution in [0.3, 0.4) is 0 Å². The first kappa shape index (κ1) is 16.5. The predicted molar refractivity (Wildman–Crippen MR) is 70.9 cm³/mol. The number of hydrogen-bond donors (Lipinski definition) is 1. The number of alkyl halides is 3. The summed E-state index contributed by atoms with van der Waals surface area (Å²) in [4.78, 5) is 12.8. The number of benzene rings is 1. The average molecular weight is 288 g/mol. The normalized spacial score (nSPS) is 13.3. The van der Waals surface area contributed by atoms with Crippen molar-refractivity contribution >= 4 is 5.91 Å². The number of amides is 1. The highest BCUT2D eigenvalue weighted by Gasteiger charge is 2.34. The summed E-state index contributed by atoms with van der Waals surface area (Å²) in [5.74, 6) is -0.589. The molecule has 0 saturated heterocycles. The monoisotopic (exact) mass is 288 g/mol. The first-order valence-corrected chi connectivity index (χ1v) is 6.37. The van der Waals surface area contributed by atoms with E-state index in [1.54, 1.807) is 38.1 Å². The largest absolute Gasteiger partial charge is 0.406 e. The Kier molecular flexibility index (Phi) is 5.56. The van der Waals surface area contributed by atoms with Gasteiger partial charge in [-0.15, -0.1) is 0 Å². The highest BCUT2D eigenvalue weighted by atomic mass is 19.4. The maximum atomic E-state index is 12.5. The molecule has 0 saturated carbocycles. The van der Waals surface area contributed by atoms with E-state index in [9.17, 15) is 18.0 Å². The van der Waals surface area contributed by atoms with E-state index in [1.807, 2.05) is 6.07 Å². The van der Waals surface area contributed by atoms with E-state index in [0.29, 0.717) is 0 Å². The molecule has 0 bridgehead atoms. The van der Waals surface area contributed by atoms with Crippen molar-refractivity contribution in [3.8, 4) is 0 Å². The zero-order valence-electron chi connectivity index (χ0n) is 11.5. The summed E-state index contributed by atoms with van der Waals surface area (Å²) in [5.41, 5.74) is 6.60. The van der Waals surface area contributed by atoms with Crippen LogP contribution in [0.4, 0.5) is 13.2 Å². The third kappa shape index (κ3) is 5.21. The van der Waals surface area contributed by atoms with E-state index in [2.05, 4.69) is 0 Å². The summed E-state index contributed by atoms with van der Waals surface area (Å²) in [7, 11) is 0. The molecule has 2 N–H and O–H groups in total. The fraction of sp³-hybridized carbons (Fsp3) is 0.500. The SMILES string of the molecule is CC(C)N(CC(F)(F)F)C(=O)CC(N)c1ccccc1. The number of rotatable bonds is 5. The van der Waals surface area contributed by atoms with Crippen LogP contribution in [0.1, 0.15) is 31.9 Å². The van der Waals surface area contributed by atoms with Gasteiger partial charge in [-0.25, -0.2) is 0 Å². The van der Waals surface area contributed by atoms with Crippen molar-refractivity contribution in [2.45, 2.75) is 38.5 Å². The maximum Gasteiger partial charge on any atom is 0.406 e. The van der Waals surface area contributed by atoms with Gasteiger partial charge >= 0.3 is 6.18 Å². The van der Waals surface area contributed by atoms with Crippen molar-refractivity contribution in [2.24, 2.45) is 5.73 Å². The predicted octanol–water partition coefficient (Wildman–Crippen LogP) is 2.88. The van der Waals surface area contributed by atoms with E-state index >= 15 is 0 Å². The Labute approximate surface area is 116 Å². The summed E-state index contributed by atoms with van der Waals surface area (Å²) in [6.07, 6.45) is -4.55. The molecule has 0 aromatic heterocycles. The molecule has 1 rings (SSSR count). The Balaban J connectivity index is 2.72. The van der Waals surface area contributed by atoms with Gasteiger partial charge in [0, 0.05) is 18.5 Å². The topological polar surface area (TPSA) is 46.3 Å². The van der Waals surface area contributed by atoms with Gasteiger partial charge in [0.2, 0.25) is 5.91 Å². The van der Waals surface area contributed by atoms with Crippen LogP contribution in [0.2, 0.25) is 0 Å². The smallest absolute Gasteiger partial charge is 0.331 e. The molecule has 0 aliphatic carbocycles.